The third-order valence-corrected chi connectivity index (χ3v) is 3.88. The highest BCUT2D eigenvalue weighted by Crippen LogP contribution is 2.10. The van der Waals surface area contributed by atoms with Crippen LogP contribution in [0.5, 0.6) is 0 Å². The Kier molecular flexibility index (Phi) is 7.19. The van der Waals surface area contributed by atoms with Gasteiger partial charge in [-0.2, -0.15) is 0 Å². The monoisotopic (exact) mass is 283 g/mol. The minimum absolute atomic E-state index is 0.0782. The first kappa shape index (κ1) is 17.1. The summed E-state index contributed by atoms with van der Waals surface area (Å²) in [5.74, 6) is 0.186. The van der Waals surface area contributed by atoms with Crippen molar-refractivity contribution in [2.24, 2.45) is 0 Å². The van der Waals surface area contributed by atoms with Crippen molar-refractivity contribution in [2.45, 2.75) is 26.8 Å². The molecule has 116 valence electrons. The van der Waals surface area contributed by atoms with Gasteiger partial charge in [-0.1, -0.05) is 12.2 Å². The van der Waals surface area contributed by atoms with Crippen molar-refractivity contribution < 1.29 is 9.90 Å². The van der Waals surface area contributed by atoms with Crippen LogP contribution in [0.4, 0.5) is 0 Å². The van der Waals surface area contributed by atoms with Gasteiger partial charge in [0.15, 0.2) is 0 Å². The number of aliphatic hydroxyl groups is 1. The Morgan fingerprint density at radius 3 is 2.40 bits per heavy atom. The first-order valence-electron chi connectivity index (χ1n) is 7.50. The van der Waals surface area contributed by atoms with Gasteiger partial charge in [-0.3, -0.25) is 14.6 Å². The average Bonchev–Trinajstić information content (AvgIpc) is 2.44. The Morgan fingerprint density at radius 1 is 1.35 bits per heavy atom. The molecule has 0 aliphatic carbocycles. The second-order valence-electron chi connectivity index (χ2n) is 5.59. The number of amides is 1. The molecular weight excluding hydrogens is 254 g/mol. The Balaban J connectivity index is 2.50. The van der Waals surface area contributed by atoms with Crippen molar-refractivity contribution in [3.05, 3.63) is 12.2 Å². The van der Waals surface area contributed by atoms with E-state index < -0.39 is 0 Å². The van der Waals surface area contributed by atoms with Crippen LogP contribution in [0.1, 0.15) is 20.8 Å². The average molecular weight is 283 g/mol. The minimum atomic E-state index is -0.0782. The van der Waals surface area contributed by atoms with E-state index in [-0.39, 0.29) is 18.6 Å². The lowest BCUT2D eigenvalue weighted by Crippen LogP contribution is -2.55. The molecule has 20 heavy (non-hydrogen) atoms. The van der Waals surface area contributed by atoms with E-state index in [4.69, 9.17) is 5.11 Å². The van der Waals surface area contributed by atoms with Crippen molar-refractivity contribution in [3.8, 4) is 0 Å². The standard InChI is InChI=1S/C15H29N3O2/c1-5-17(12-13(2)3)15(20)14(4)18-8-6-16(7-9-18)10-11-19/h14,19H,2,5-12H2,1,3-4H3. The predicted molar refractivity (Wildman–Crippen MR) is 81.6 cm³/mol. The summed E-state index contributed by atoms with van der Waals surface area (Å²) in [5, 5.41) is 8.95. The first-order valence-corrected chi connectivity index (χ1v) is 7.50. The highest BCUT2D eigenvalue weighted by Gasteiger charge is 2.27. The molecule has 1 heterocycles. The summed E-state index contributed by atoms with van der Waals surface area (Å²) >= 11 is 0. The quantitative estimate of drug-likeness (QED) is 0.688. The molecule has 0 aromatic heterocycles. The lowest BCUT2D eigenvalue weighted by atomic mass is 10.2. The van der Waals surface area contributed by atoms with E-state index >= 15 is 0 Å². The van der Waals surface area contributed by atoms with Crippen molar-refractivity contribution in [3.63, 3.8) is 0 Å². The van der Waals surface area contributed by atoms with Crippen molar-refractivity contribution in [2.75, 3.05) is 52.4 Å². The maximum absolute atomic E-state index is 12.5. The molecule has 1 rings (SSSR count). The molecule has 5 heteroatoms. The SMILES string of the molecule is C=C(C)CN(CC)C(=O)C(C)N1CCN(CCO)CC1. The lowest BCUT2D eigenvalue weighted by molar-refractivity contribution is -0.136. The third-order valence-electron chi connectivity index (χ3n) is 3.88. The highest BCUT2D eigenvalue weighted by atomic mass is 16.3. The molecule has 1 fully saturated rings. The van der Waals surface area contributed by atoms with Crippen LogP contribution >= 0.6 is 0 Å². The third kappa shape index (κ3) is 4.89. The van der Waals surface area contributed by atoms with Crippen molar-refractivity contribution >= 4 is 5.91 Å². The molecule has 0 spiro atoms. The molecule has 1 aliphatic heterocycles. The smallest absolute Gasteiger partial charge is 0.239 e. The van der Waals surface area contributed by atoms with Crippen LogP contribution in [0.2, 0.25) is 0 Å². The molecule has 0 aromatic rings. The maximum Gasteiger partial charge on any atom is 0.239 e. The number of carbonyl (C=O) groups excluding carboxylic acids is 1. The highest BCUT2D eigenvalue weighted by molar-refractivity contribution is 5.81. The number of piperazine rings is 1. The van der Waals surface area contributed by atoms with Gasteiger partial charge in [0.25, 0.3) is 0 Å². The molecule has 1 atom stereocenters. The Labute approximate surface area is 122 Å². The van der Waals surface area contributed by atoms with Crippen molar-refractivity contribution in [1.82, 2.24) is 14.7 Å². The van der Waals surface area contributed by atoms with E-state index in [1.165, 1.54) is 0 Å². The van der Waals surface area contributed by atoms with E-state index in [2.05, 4.69) is 16.4 Å². The Bertz CT molecular complexity index is 325. The van der Waals surface area contributed by atoms with E-state index in [9.17, 15) is 4.79 Å². The van der Waals surface area contributed by atoms with Gasteiger partial charge in [0.05, 0.1) is 12.6 Å². The van der Waals surface area contributed by atoms with Gasteiger partial charge in [0.1, 0.15) is 0 Å². The molecule has 0 bridgehead atoms. The van der Waals surface area contributed by atoms with Gasteiger partial charge in [-0.25, -0.2) is 0 Å². The summed E-state index contributed by atoms with van der Waals surface area (Å²) in [5.41, 5.74) is 1.01. The van der Waals surface area contributed by atoms with Gasteiger partial charge < -0.3 is 10.0 Å². The number of rotatable bonds is 7. The predicted octanol–water partition coefficient (Wildman–Crippen LogP) is 0.409. The van der Waals surface area contributed by atoms with E-state index in [0.717, 1.165) is 44.8 Å². The number of hydrogen-bond acceptors (Lipinski definition) is 4. The lowest BCUT2D eigenvalue weighted by Gasteiger charge is -2.38. The summed E-state index contributed by atoms with van der Waals surface area (Å²) in [4.78, 5) is 18.8. The fourth-order valence-corrected chi connectivity index (χ4v) is 2.61. The molecular formula is C15H29N3O2. The Morgan fingerprint density at radius 2 is 1.95 bits per heavy atom. The summed E-state index contributed by atoms with van der Waals surface area (Å²) in [6.45, 7) is 15.8. The van der Waals surface area contributed by atoms with Gasteiger partial charge >= 0.3 is 0 Å². The maximum atomic E-state index is 12.5. The second kappa shape index (κ2) is 8.39. The zero-order chi connectivity index (χ0) is 15.1. The number of hydrogen-bond donors (Lipinski definition) is 1. The zero-order valence-corrected chi connectivity index (χ0v) is 13.1. The zero-order valence-electron chi connectivity index (χ0n) is 13.1. The van der Waals surface area contributed by atoms with Gasteiger partial charge in [0.2, 0.25) is 5.91 Å². The van der Waals surface area contributed by atoms with Gasteiger partial charge in [0, 0.05) is 45.8 Å². The van der Waals surface area contributed by atoms with Crippen LogP contribution in [0, 0.1) is 0 Å². The number of likely N-dealkylation sites (N-methyl/N-ethyl adjacent to an activating group) is 1. The summed E-state index contributed by atoms with van der Waals surface area (Å²) in [6.07, 6.45) is 0. The van der Waals surface area contributed by atoms with E-state index in [1.54, 1.807) is 0 Å². The topological polar surface area (TPSA) is 47.0 Å². The normalized spacial score (nSPS) is 18.8. The summed E-state index contributed by atoms with van der Waals surface area (Å²) in [7, 11) is 0. The molecule has 0 radical (unpaired) electrons. The minimum Gasteiger partial charge on any atom is -0.395 e. The largest absolute Gasteiger partial charge is 0.395 e. The van der Waals surface area contributed by atoms with Crippen LogP contribution in [0.3, 0.4) is 0 Å². The van der Waals surface area contributed by atoms with Gasteiger partial charge in [-0.05, 0) is 20.8 Å². The molecule has 1 aliphatic rings. The number of aliphatic hydroxyl groups excluding tert-OH is 1. The van der Waals surface area contributed by atoms with Crippen LogP contribution in [-0.2, 0) is 4.79 Å². The van der Waals surface area contributed by atoms with E-state index in [1.807, 2.05) is 25.7 Å². The second-order valence-corrected chi connectivity index (χ2v) is 5.59. The van der Waals surface area contributed by atoms with Crippen LogP contribution < -0.4 is 0 Å². The first-order chi connectivity index (χ1) is 9.49. The summed E-state index contributed by atoms with van der Waals surface area (Å²) in [6, 6.07) is -0.0782. The summed E-state index contributed by atoms with van der Waals surface area (Å²) < 4.78 is 0. The molecule has 1 amide bonds. The van der Waals surface area contributed by atoms with Crippen LogP contribution in [0.25, 0.3) is 0 Å². The molecule has 1 saturated heterocycles. The molecule has 0 saturated carbocycles. The van der Waals surface area contributed by atoms with Gasteiger partial charge in [-0.15, -0.1) is 0 Å². The van der Waals surface area contributed by atoms with Crippen molar-refractivity contribution in [1.29, 1.82) is 0 Å². The van der Waals surface area contributed by atoms with Crippen LogP contribution in [-0.4, -0.2) is 84.2 Å². The number of β-amino-alcohol motifs (C(OH)–C–C–N with tert-alkyl or cyclic N) is 1. The number of nitrogens with zero attached hydrogens (tertiary/aromatic N) is 3. The fraction of sp³-hybridized carbons (Fsp3) is 0.800. The number of carbonyl (C=O) groups is 1. The molecule has 5 nitrogen and oxygen atoms in total. The van der Waals surface area contributed by atoms with Crippen LogP contribution in [0.15, 0.2) is 12.2 Å². The fourth-order valence-electron chi connectivity index (χ4n) is 2.61. The molecule has 1 N–H and O–H groups in total. The molecule has 0 aromatic carbocycles. The Hall–Kier alpha value is -0.910. The molecule has 1 unspecified atom stereocenters. The van der Waals surface area contributed by atoms with E-state index in [0.29, 0.717) is 6.54 Å².